The summed E-state index contributed by atoms with van der Waals surface area (Å²) in [5, 5.41) is 9.91. The van der Waals surface area contributed by atoms with E-state index in [1.165, 1.54) is 0 Å². The number of aromatic nitrogens is 1. The summed E-state index contributed by atoms with van der Waals surface area (Å²) >= 11 is 0. The van der Waals surface area contributed by atoms with E-state index in [0.717, 1.165) is 17.0 Å². The summed E-state index contributed by atoms with van der Waals surface area (Å²) in [4.78, 5) is 4.14. The van der Waals surface area contributed by atoms with Gasteiger partial charge < -0.3 is 9.84 Å². The Morgan fingerprint density at radius 3 is 2.59 bits per heavy atom. The lowest BCUT2D eigenvalue weighted by Crippen LogP contribution is -2.09. The molecule has 2 rings (SSSR count). The number of aliphatic hydroxyl groups is 1. The predicted octanol–water partition coefficient (Wildman–Crippen LogP) is 2.50. The lowest BCUT2D eigenvalue weighted by Gasteiger charge is -2.12. The number of nitrogens with zero attached hydrogens (tertiary/aromatic N) is 1. The van der Waals surface area contributed by atoms with Crippen LogP contribution in [-0.2, 0) is 0 Å². The number of hydrogen-bond acceptors (Lipinski definition) is 3. The molecule has 0 amide bonds. The number of rotatable bonds is 4. The number of pyridine rings is 1. The van der Waals surface area contributed by atoms with Crippen molar-refractivity contribution in [1.82, 2.24) is 4.98 Å². The number of ether oxygens (including phenoxy) is 1. The molecule has 1 N–H and O–H groups in total. The summed E-state index contributed by atoms with van der Waals surface area (Å²) < 4.78 is 5.47. The Balaban J connectivity index is 1.93. The van der Waals surface area contributed by atoms with Gasteiger partial charge in [-0.05, 0) is 25.1 Å². The number of hydrogen-bond donors (Lipinski definition) is 1. The highest BCUT2D eigenvalue weighted by molar-refractivity contribution is 5.21. The van der Waals surface area contributed by atoms with Gasteiger partial charge in [0.2, 0.25) is 0 Å². The Hall–Kier alpha value is -1.87. The normalized spacial score (nSPS) is 12.1. The Labute approximate surface area is 101 Å². The molecule has 0 saturated heterocycles. The first kappa shape index (κ1) is 11.6. The molecule has 0 aliphatic heterocycles. The second kappa shape index (κ2) is 5.46. The van der Waals surface area contributed by atoms with Gasteiger partial charge in [-0.1, -0.05) is 24.3 Å². The van der Waals surface area contributed by atoms with Crippen molar-refractivity contribution in [3.05, 3.63) is 59.9 Å². The lowest BCUT2D eigenvalue weighted by atomic mass is 10.1. The Morgan fingerprint density at radius 2 is 1.94 bits per heavy atom. The maximum atomic E-state index is 9.91. The molecule has 17 heavy (non-hydrogen) atoms. The van der Waals surface area contributed by atoms with E-state index in [9.17, 15) is 5.11 Å². The molecule has 1 atom stereocenters. The standard InChI is InChI=1S/C14H15NO2/c1-11-7-8-12(9-15-11)14(16)10-17-13-5-3-2-4-6-13/h2-9,14,16H,10H2,1H3. The third-order valence-electron chi connectivity index (χ3n) is 2.47. The zero-order valence-corrected chi connectivity index (χ0v) is 9.71. The summed E-state index contributed by atoms with van der Waals surface area (Å²) in [5.74, 6) is 0.756. The van der Waals surface area contributed by atoms with E-state index in [0.29, 0.717) is 0 Å². The number of aliphatic hydroxyl groups excluding tert-OH is 1. The molecule has 1 aromatic heterocycles. The van der Waals surface area contributed by atoms with E-state index in [1.54, 1.807) is 6.20 Å². The van der Waals surface area contributed by atoms with Gasteiger partial charge in [-0.2, -0.15) is 0 Å². The molecule has 88 valence electrons. The van der Waals surface area contributed by atoms with Crippen LogP contribution in [0, 0.1) is 6.92 Å². The highest BCUT2D eigenvalue weighted by atomic mass is 16.5. The first-order valence-electron chi connectivity index (χ1n) is 5.54. The van der Waals surface area contributed by atoms with Gasteiger partial charge in [0.15, 0.2) is 0 Å². The van der Waals surface area contributed by atoms with E-state index < -0.39 is 6.10 Å². The lowest BCUT2D eigenvalue weighted by molar-refractivity contribution is 0.108. The monoisotopic (exact) mass is 229 g/mol. The molecule has 2 aromatic rings. The van der Waals surface area contributed by atoms with Gasteiger partial charge in [0.05, 0.1) is 0 Å². The number of para-hydroxylation sites is 1. The summed E-state index contributed by atoms with van der Waals surface area (Å²) in [6.07, 6.45) is 1.03. The first-order chi connectivity index (χ1) is 8.25. The van der Waals surface area contributed by atoms with Crippen molar-refractivity contribution in [2.45, 2.75) is 13.0 Å². The molecule has 3 nitrogen and oxygen atoms in total. The van der Waals surface area contributed by atoms with E-state index in [1.807, 2.05) is 49.4 Å². The largest absolute Gasteiger partial charge is 0.491 e. The first-order valence-corrected chi connectivity index (χ1v) is 5.54. The quantitative estimate of drug-likeness (QED) is 0.875. The molecule has 0 fully saturated rings. The maximum Gasteiger partial charge on any atom is 0.119 e. The van der Waals surface area contributed by atoms with Crippen molar-refractivity contribution in [3.8, 4) is 5.75 Å². The SMILES string of the molecule is Cc1ccc(C(O)COc2ccccc2)cn1. The van der Waals surface area contributed by atoms with Crippen molar-refractivity contribution in [2.75, 3.05) is 6.61 Å². The fourth-order valence-corrected chi connectivity index (χ4v) is 1.46. The summed E-state index contributed by atoms with van der Waals surface area (Å²) in [5.41, 5.74) is 1.71. The Morgan fingerprint density at radius 1 is 1.18 bits per heavy atom. The molecule has 0 aliphatic carbocycles. The molecule has 1 heterocycles. The third-order valence-corrected chi connectivity index (χ3v) is 2.47. The molecule has 0 bridgehead atoms. The van der Waals surface area contributed by atoms with Gasteiger partial charge >= 0.3 is 0 Å². The zero-order chi connectivity index (χ0) is 12.1. The second-order valence-electron chi connectivity index (χ2n) is 3.87. The minimum Gasteiger partial charge on any atom is -0.491 e. The third kappa shape index (κ3) is 3.29. The highest BCUT2D eigenvalue weighted by Crippen LogP contribution is 2.15. The summed E-state index contributed by atoms with van der Waals surface area (Å²) in [6.45, 7) is 2.14. The van der Waals surface area contributed by atoms with Crippen LogP contribution in [-0.4, -0.2) is 16.7 Å². The smallest absolute Gasteiger partial charge is 0.119 e. The number of aryl methyl sites for hydroxylation is 1. The second-order valence-corrected chi connectivity index (χ2v) is 3.87. The van der Waals surface area contributed by atoms with E-state index in [2.05, 4.69) is 4.98 Å². The zero-order valence-electron chi connectivity index (χ0n) is 9.71. The molecule has 1 aromatic carbocycles. The topological polar surface area (TPSA) is 42.4 Å². The fourth-order valence-electron chi connectivity index (χ4n) is 1.46. The van der Waals surface area contributed by atoms with Crippen molar-refractivity contribution >= 4 is 0 Å². The van der Waals surface area contributed by atoms with Gasteiger partial charge in [-0.15, -0.1) is 0 Å². The van der Waals surface area contributed by atoms with Gasteiger partial charge in [-0.3, -0.25) is 4.98 Å². The van der Waals surface area contributed by atoms with Crippen LogP contribution in [0.4, 0.5) is 0 Å². The van der Waals surface area contributed by atoms with Gasteiger partial charge in [0.25, 0.3) is 0 Å². The Bertz CT molecular complexity index is 453. The minimum absolute atomic E-state index is 0.231. The van der Waals surface area contributed by atoms with E-state index in [4.69, 9.17) is 4.74 Å². The van der Waals surface area contributed by atoms with E-state index in [-0.39, 0.29) is 6.61 Å². The molecule has 0 spiro atoms. The molecule has 0 radical (unpaired) electrons. The maximum absolute atomic E-state index is 9.91. The molecular weight excluding hydrogens is 214 g/mol. The van der Waals surface area contributed by atoms with Crippen molar-refractivity contribution in [1.29, 1.82) is 0 Å². The van der Waals surface area contributed by atoms with Crippen molar-refractivity contribution < 1.29 is 9.84 Å². The number of benzene rings is 1. The molecule has 0 aliphatic rings. The van der Waals surface area contributed by atoms with E-state index >= 15 is 0 Å². The average molecular weight is 229 g/mol. The van der Waals surface area contributed by atoms with Crippen molar-refractivity contribution in [2.24, 2.45) is 0 Å². The van der Waals surface area contributed by atoms with Crippen LogP contribution in [0.3, 0.4) is 0 Å². The predicted molar refractivity (Wildman–Crippen MR) is 65.9 cm³/mol. The van der Waals surface area contributed by atoms with Crippen LogP contribution >= 0.6 is 0 Å². The average Bonchev–Trinajstić information content (AvgIpc) is 2.38. The molecule has 1 unspecified atom stereocenters. The fraction of sp³-hybridized carbons (Fsp3) is 0.214. The Kier molecular flexibility index (Phi) is 3.73. The molecule has 3 heteroatoms. The highest BCUT2D eigenvalue weighted by Gasteiger charge is 2.08. The van der Waals surface area contributed by atoms with Crippen LogP contribution in [0.15, 0.2) is 48.7 Å². The van der Waals surface area contributed by atoms with Crippen LogP contribution in [0.25, 0.3) is 0 Å². The van der Waals surface area contributed by atoms with Crippen LogP contribution in [0.5, 0.6) is 5.75 Å². The molecular formula is C14H15NO2. The van der Waals surface area contributed by atoms with Gasteiger partial charge in [-0.25, -0.2) is 0 Å². The van der Waals surface area contributed by atoms with Crippen LogP contribution in [0.1, 0.15) is 17.4 Å². The molecule has 0 saturated carbocycles. The summed E-state index contributed by atoms with van der Waals surface area (Å²) in [7, 11) is 0. The van der Waals surface area contributed by atoms with Crippen LogP contribution < -0.4 is 4.74 Å². The summed E-state index contributed by atoms with van der Waals surface area (Å²) in [6, 6.07) is 13.2. The minimum atomic E-state index is -0.650. The van der Waals surface area contributed by atoms with Gasteiger partial charge in [0.1, 0.15) is 18.5 Å². The van der Waals surface area contributed by atoms with Crippen molar-refractivity contribution in [3.63, 3.8) is 0 Å². The van der Waals surface area contributed by atoms with Crippen LogP contribution in [0.2, 0.25) is 0 Å². The van der Waals surface area contributed by atoms with Gasteiger partial charge in [0, 0.05) is 17.5 Å².